The first kappa shape index (κ1) is 12.5. The Hall–Kier alpha value is -0.590. The summed E-state index contributed by atoms with van der Waals surface area (Å²) in [6.07, 6.45) is -0.0643. The average Bonchev–Trinajstić information content (AvgIpc) is 2.14. The highest BCUT2D eigenvalue weighted by Crippen LogP contribution is 2.27. The first-order chi connectivity index (χ1) is 6.82. The molecule has 0 heterocycles. The molecule has 1 aromatic rings. The van der Waals surface area contributed by atoms with Crippen molar-refractivity contribution in [2.24, 2.45) is 0 Å². The Bertz CT molecular complexity index is 446. The number of aliphatic hydroxyl groups excluding tert-OH is 1. The number of aliphatic hydroxyl groups is 1. The van der Waals surface area contributed by atoms with E-state index in [4.69, 9.17) is 5.73 Å². The van der Waals surface area contributed by atoms with E-state index in [-0.39, 0.29) is 0 Å². The van der Waals surface area contributed by atoms with Crippen LogP contribution in [0.25, 0.3) is 0 Å². The largest absolute Gasteiger partial charge is 0.399 e. The number of rotatable bonds is 3. The molecule has 0 fully saturated rings. The van der Waals surface area contributed by atoms with Crippen molar-refractivity contribution in [1.82, 2.24) is 0 Å². The van der Waals surface area contributed by atoms with Crippen LogP contribution in [0.4, 0.5) is 5.69 Å². The van der Waals surface area contributed by atoms with Gasteiger partial charge in [0.2, 0.25) is 0 Å². The summed E-state index contributed by atoms with van der Waals surface area (Å²) in [5.74, 6) is 0. The smallest absolute Gasteiger partial charge is 0.163 e. The number of halogens is 1. The maximum Gasteiger partial charge on any atom is 0.163 e. The molecule has 1 rings (SSSR count). The lowest BCUT2D eigenvalue weighted by atomic mass is 10.1. The molecule has 0 amide bonds. The van der Waals surface area contributed by atoms with Crippen molar-refractivity contribution >= 4 is 31.5 Å². The van der Waals surface area contributed by atoms with E-state index in [1.165, 1.54) is 0 Å². The summed E-state index contributed by atoms with van der Waals surface area (Å²) in [4.78, 5) is 0. The fraction of sp³-hybridized carbons (Fsp3) is 0.333. The van der Waals surface area contributed by atoms with E-state index in [2.05, 4.69) is 15.9 Å². The average molecular weight is 294 g/mol. The lowest BCUT2D eigenvalue weighted by Gasteiger charge is -2.16. The highest BCUT2D eigenvalue weighted by atomic mass is 79.9. The number of benzene rings is 1. The monoisotopic (exact) mass is 293 g/mol. The van der Waals surface area contributed by atoms with Crippen LogP contribution in [-0.4, -0.2) is 23.9 Å². The lowest BCUT2D eigenvalue weighted by Crippen LogP contribution is -2.21. The molecule has 2 unspecified atom stereocenters. The number of sulfone groups is 1. The third-order valence-corrected chi connectivity index (χ3v) is 5.52. The maximum atomic E-state index is 11.2. The third-order valence-electron chi connectivity index (χ3n) is 1.91. The van der Waals surface area contributed by atoms with E-state index in [0.717, 1.165) is 6.26 Å². The Kier molecular flexibility index (Phi) is 3.75. The molecule has 4 nitrogen and oxygen atoms in total. The van der Waals surface area contributed by atoms with Gasteiger partial charge in [0.15, 0.2) is 9.84 Å². The van der Waals surface area contributed by atoms with Crippen molar-refractivity contribution in [3.05, 3.63) is 29.8 Å². The van der Waals surface area contributed by atoms with Crippen molar-refractivity contribution < 1.29 is 13.5 Å². The van der Waals surface area contributed by atoms with Crippen LogP contribution in [-0.2, 0) is 9.84 Å². The van der Waals surface area contributed by atoms with Gasteiger partial charge in [0.1, 0.15) is 10.3 Å². The molecular formula is C9H12BrNO3S. The summed E-state index contributed by atoms with van der Waals surface area (Å²) in [5.41, 5.74) is 6.49. The summed E-state index contributed by atoms with van der Waals surface area (Å²) in [7, 11) is -3.34. The molecule has 0 spiro atoms. The van der Waals surface area contributed by atoms with Crippen LogP contribution >= 0.6 is 15.9 Å². The number of hydrogen-bond acceptors (Lipinski definition) is 4. The Morgan fingerprint density at radius 3 is 2.53 bits per heavy atom. The van der Waals surface area contributed by atoms with Crippen LogP contribution < -0.4 is 5.73 Å². The van der Waals surface area contributed by atoms with Crippen molar-refractivity contribution in [2.75, 3.05) is 12.0 Å². The second-order valence-corrected chi connectivity index (χ2v) is 7.06. The number of hydrogen-bond donors (Lipinski definition) is 2. The molecular weight excluding hydrogens is 282 g/mol. The topological polar surface area (TPSA) is 80.4 Å². The zero-order valence-corrected chi connectivity index (χ0v) is 10.5. The minimum absolute atomic E-state index is 0.474. The molecule has 84 valence electrons. The first-order valence-corrected chi connectivity index (χ1v) is 7.06. The van der Waals surface area contributed by atoms with Crippen molar-refractivity contribution in [3.63, 3.8) is 0 Å². The van der Waals surface area contributed by atoms with E-state index >= 15 is 0 Å². The van der Waals surface area contributed by atoms with Gasteiger partial charge in [0, 0.05) is 11.9 Å². The van der Waals surface area contributed by atoms with Gasteiger partial charge in [-0.2, -0.15) is 0 Å². The summed E-state index contributed by atoms with van der Waals surface area (Å²) >= 11 is 2.95. The zero-order valence-electron chi connectivity index (χ0n) is 8.09. The maximum absolute atomic E-state index is 11.2. The van der Waals surface area contributed by atoms with Gasteiger partial charge in [-0.3, -0.25) is 0 Å². The molecule has 0 aliphatic heterocycles. The highest BCUT2D eigenvalue weighted by Gasteiger charge is 2.27. The van der Waals surface area contributed by atoms with Gasteiger partial charge in [-0.05, 0) is 17.7 Å². The van der Waals surface area contributed by atoms with Crippen LogP contribution in [0.5, 0.6) is 0 Å². The SMILES string of the molecule is CS(=O)(=O)C(Br)C(O)c1cccc(N)c1. The molecule has 2 atom stereocenters. The molecule has 3 N–H and O–H groups in total. The van der Waals surface area contributed by atoms with Crippen LogP contribution in [0.15, 0.2) is 24.3 Å². The van der Waals surface area contributed by atoms with E-state index < -0.39 is 20.1 Å². The summed E-state index contributed by atoms with van der Waals surface area (Å²) < 4.78 is 21.4. The molecule has 15 heavy (non-hydrogen) atoms. The molecule has 0 aliphatic rings. The minimum atomic E-state index is -3.34. The van der Waals surface area contributed by atoms with E-state index in [1.54, 1.807) is 24.3 Å². The number of alkyl halides is 1. The van der Waals surface area contributed by atoms with Gasteiger partial charge in [0.25, 0.3) is 0 Å². The predicted molar refractivity (Wildman–Crippen MR) is 63.4 cm³/mol. The summed E-state index contributed by atoms with van der Waals surface area (Å²) in [6.45, 7) is 0. The van der Waals surface area contributed by atoms with E-state index in [1.807, 2.05) is 0 Å². The second-order valence-electron chi connectivity index (χ2n) is 3.30. The van der Waals surface area contributed by atoms with E-state index in [0.29, 0.717) is 11.3 Å². The zero-order chi connectivity index (χ0) is 11.6. The van der Waals surface area contributed by atoms with Gasteiger partial charge in [-0.15, -0.1) is 0 Å². The number of nitrogen functional groups attached to an aromatic ring is 1. The molecule has 0 saturated carbocycles. The number of nitrogens with two attached hydrogens (primary N) is 1. The molecule has 0 radical (unpaired) electrons. The predicted octanol–water partition coefficient (Wildman–Crippen LogP) is 1.07. The molecule has 0 aromatic heterocycles. The van der Waals surface area contributed by atoms with Gasteiger partial charge in [-0.25, -0.2) is 8.42 Å². The van der Waals surface area contributed by atoms with Crippen molar-refractivity contribution in [2.45, 2.75) is 10.3 Å². The minimum Gasteiger partial charge on any atom is -0.399 e. The second kappa shape index (κ2) is 4.51. The normalized spacial score (nSPS) is 15.9. The van der Waals surface area contributed by atoms with Crippen LogP contribution in [0, 0.1) is 0 Å². The Morgan fingerprint density at radius 2 is 2.07 bits per heavy atom. The summed E-state index contributed by atoms with van der Waals surface area (Å²) in [5, 5.41) is 9.77. The molecule has 6 heteroatoms. The first-order valence-electron chi connectivity index (χ1n) is 4.19. The molecule has 0 bridgehead atoms. The fourth-order valence-corrected chi connectivity index (χ4v) is 2.06. The van der Waals surface area contributed by atoms with Crippen molar-refractivity contribution in [3.8, 4) is 0 Å². The quantitative estimate of drug-likeness (QED) is 0.645. The summed E-state index contributed by atoms with van der Waals surface area (Å²) in [6, 6.07) is 6.50. The Labute approximate surface area is 97.2 Å². The van der Waals surface area contributed by atoms with Gasteiger partial charge in [0.05, 0.1) is 0 Å². The third kappa shape index (κ3) is 3.19. The molecule has 0 saturated heterocycles. The van der Waals surface area contributed by atoms with E-state index in [9.17, 15) is 13.5 Å². The van der Waals surface area contributed by atoms with Crippen LogP contribution in [0.3, 0.4) is 0 Å². The van der Waals surface area contributed by atoms with Gasteiger partial charge < -0.3 is 10.8 Å². The van der Waals surface area contributed by atoms with Crippen LogP contribution in [0.2, 0.25) is 0 Å². The van der Waals surface area contributed by atoms with Gasteiger partial charge >= 0.3 is 0 Å². The number of anilines is 1. The molecule has 0 aliphatic carbocycles. The van der Waals surface area contributed by atoms with Crippen LogP contribution in [0.1, 0.15) is 11.7 Å². The lowest BCUT2D eigenvalue weighted by molar-refractivity contribution is 0.195. The Morgan fingerprint density at radius 1 is 1.47 bits per heavy atom. The fourth-order valence-electron chi connectivity index (χ4n) is 1.13. The van der Waals surface area contributed by atoms with Gasteiger partial charge in [-0.1, -0.05) is 28.1 Å². The van der Waals surface area contributed by atoms with Crippen molar-refractivity contribution in [1.29, 1.82) is 0 Å². The highest BCUT2D eigenvalue weighted by molar-refractivity contribution is 9.11. The molecule has 1 aromatic carbocycles. The Balaban J connectivity index is 3.00. The standard InChI is InChI=1S/C9H12BrNO3S/c1-15(13,14)9(10)8(12)6-3-2-4-7(11)5-6/h2-5,8-9,12H,11H2,1H3.